The van der Waals surface area contributed by atoms with Crippen LogP contribution in [0.25, 0.3) is 21.9 Å². The zero-order valence-corrected chi connectivity index (χ0v) is 32.8. The Hall–Kier alpha value is -6.06. The second kappa shape index (κ2) is 13.8. The highest BCUT2D eigenvalue weighted by atomic mass is 16.3. The number of aryl methyl sites for hydroxylation is 3. The fourth-order valence-corrected chi connectivity index (χ4v) is 10.9. The maximum Gasteiger partial charge on any atom is 0.137 e. The Morgan fingerprint density at radius 1 is 0.491 bits per heavy atom. The fraction of sp³-hybridized carbons (Fsp3) is 0.222. The van der Waals surface area contributed by atoms with Gasteiger partial charge in [0.15, 0.2) is 0 Å². The van der Waals surface area contributed by atoms with E-state index in [1.807, 2.05) is 0 Å². The van der Waals surface area contributed by atoms with Crippen LogP contribution in [0.5, 0.6) is 0 Å². The van der Waals surface area contributed by atoms with Gasteiger partial charge in [-0.3, -0.25) is 0 Å². The van der Waals surface area contributed by atoms with Crippen LogP contribution < -0.4 is 9.80 Å². The third-order valence-corrected chi connectivity index (χ3v) is 13.5. The molecule has 3 aliphatic carbocycles. The van der Waals surface area contributed by atoms with Gasteiger partial charge in [0.1, 0.15) is 11.2 Å². The van der Waals surface area contributed by atoms with Crippen LogP contribution in [0, 0.1) is 6.92 Å². The van der Waals surface area contributed by atoms with E-state index in [1.165, 1.54) is 110 Å². The van der Waals surface area contributed by atoms with Gasteiger partial charge in [-0.05, 0) is 145 Å². The minimum atomic E-state index is -0.142. The lowest BCUT2D eigenvalue weighted by molar-refractivity contribution is 0.443. The highest BCUT2D eigenvalue weighted by Gasteiger charge is 2.49. The molecule has 280 valence electrons. The van der Waals surface area contributed by atoms with E-state index in [9.17, 15) is 0 Å². The van der Waals surface area contributed by atoms with E-state index < -0.39 is 0 Å². The van der Waals surface area contributed by atoms with Crippen LogP contribution in [-0.2, 0) is 18.3 Å². The van der Waals surface area contributed by atoms with Gasteiger partial charge in [-0.25, -0.2) is 0 Å². The van der Waals surface area contributed by atoms with Crippen molar-refractivity contribution in [3.63, 3.8) is 0 Å². The first-order chi connectivity index (χ1) is 28.2. The summed E-state index contributed by atoms with van der Waals surface area (Å²) in [7, 11) is 0. The summed E-state index contributed by atoms with van der Waals surface area (Å²) in [6.45, 7) is 2.28. The van der Waals surface area contributed by atoms with Crippen molar-refractivity contribution in [2.45, 2.75) is 76.0 Å². The number of rotatable bonds is 7. The summed E-state index contributed by atoms with van der Waals surface area (Å²) in [6.07, 6.45) is 10.9. The molecule has 1 spiro atoms. The van der Waals surface area contributed by atoms with Crippen molar-refractivity contribution in [2.75, 3.05) is 9.80 Å². The Bertz CT molecular complexity index is 2700. The molecule has 1 aromatic heterocycles. The average Bonchev–Trinajstić information content (AvgIpc) is 3.96. The Kier molecular flexibility index (Phi) is 8.31. The lowest BCUT2D eigenvalue weighted by Crippen LogP contribution is -2.27. The summed E-state index contributed by atoms with van der Waals surface area (Å²) in [6, 6.07) is 58.7. The summed E-state index contributed by atoms with van der Waals surface area (Å²) >= 11 is 0. The van der Waals surface area contributed by atoms with Crippen LogP contribution in [0.3, 0.4) is 0 Å². The zero-order valence-electron chi connectivity index (χ0n) is 32.8. The Balaban J connectivity index is 1.13. The van der Waals surface area contributed by atoms with E-state index >= 15 is 0 Å². The summed E-state index contributed by atoms with van der Waals surface area (Å²) in [5.41, 5.74) is 17.6. The van der Waals surface area contributed by atoms with Gasteiger partial charge in [0, 0.05) is 39.3 Å². The minimum absolute atomic E-state index is 0.142. The third-order valence-electron chi connectivity index (χ3n) is 13.5. The molecule has 0 amide bonds. The molecule has 0 radical (unpaired) electrons. The van der Waals surface area contributed by atoms with Crippen molar-refractivity contribution in [1.29, 1.82) is 0 Å². The van der Waals surface area contributed by atoms with Gasteiger partial charge >= 0.3 is 0 Å². The van der Waals surface area contributed by atoms with Crippen LogP contribution in [0.1, 0.15) is 84.2 Å². The quantitative estimate of drug-likeness (QED) is 0.162. The van der Waals surface area contributed by atoms with Crippen molar-refractivity contribution >= 4 is 56.1 Å². The highest BCUT2D eigenvalue weighted by molar-refractivity contribution is 6.07. The molecule has 0 bridgehead atoms. The van der Waals surface area contributed by atoms with Gasteiger partial charge in [-0.2, -0.15) is 0 Å². The highest BCUT2D eigenvalue weighted by Crippen LogP contribution is 2.60. The molecular weight excluding hydrogens is 693 g/mol. The van der Waals surface area contributed by atoms with Crippen LogP contribution in [-0.4, -0.2) is 0 Å². The van der Waals surface area contributed by atoms with Crippen molar-refractivity contribution < 1.29 is 4.42 Å². The number of hydrogen-bond acceptors (Lipinski definition) is 3. The van der Waals surface area contributed by atoms with Crippen molar-refractivity contribution in [3.05, 3.63) is 191 Å². The summed E-state index contributed by atoms with van der Waals surface area (Å²) in [4.78, 5) is 5.07. The van der Waals surface area contributed by atoms with Gasteiger partial charge in [0.2, 0.25) is 0 Å². The number of benzene rings is 7. The second-order valence-corrected chi connectivity index (χ2v) is 16.7. The maximum absolute atomic E-state index is 6.59. The smallest absolute Gasteiger partial charge is 0.137 e. The molecule has 1 saturated carbocycles. The molecule has 0 aliphatic heterocycles. The summed E-state index contributed by atoms with van der Waals surface area (Å²) in [5, 5.41) is 2.34. The van der Waals surface area contributed by atoms with E-state index in [1.54, 1.807) is 0 Å². The molecule has 1 heterocycles. The van der Waals surface area contributed by atoms with Crippen LogP contribution in [0.15, 0.2) is 162 Å². The number of anilines is 6. The Morgan fingerprint density at radius 3 is 1.72 bits per heavy atom. The SMILES string of the molecule is Cc1cc2c(cc1N(c1ccc(C3CCCCC3)cc1)c1cccc3c1[C@]1(CCc4cccc(N(c5ccccc5)c5ccccc5)c41)CC3)oc1ccccc12. The first-order valence-corrected chi connectivity index (χ1v) is 21.1. The van der Waals surface area contributed by atoms with Gasteiger partial charge in [-0.1, -0.05) is 110 Å². The lowest BCUT2D eigenvalue weighted by Gasteiger charge is -2.37. The van der Waals surface area contributed by atoms with E-state index in [0.29, 0.717) is 5.92 Å². The topological polar surface area (TPSA) is 19.6 Å². The normalized spacial score (nSPS) is 17.6. The maximum atomic E-state index is 6.59. The lowest BCUT2D eigenvalue weighted by atomic mass is 9.74. The first kappa shape index (κ1) is 34.2. The minimum Gasteiger partial charge on any atom is -0.456 e. The fourth-order valence-electron chi connectivity index (χ4n) is 10.9. The third kappa shape index (κ3) is 5.62. The molecule has 3 nitrogen and oxygen atoms in total. The van der Waals surface area contributed by atoms with Crippen LogP contribution in [0.4, 0.5) is 34.1 Å². The predicted octanol–water partition coefficient (Wildman–Crippen LogP) is 15.1. The molecular formula is C54H48N2O. The molecule has 8 aromatic rings. The molecule has 7 aromatic carbocycles. The second-order valence-electron chi connectivity index (χ2n) is 16.7. The molecule has 1 atom stereocenters. The number of fused-ring (bicyclic) bond motifs is 7. The van der Waals surface area contributed by atoms with Gasteiger partial charge in [0.25, 0.3) is 0 Å². The van der Waals surface area contributed by atoms with E-state index in [-0.39, 0.29) is 5.41 Å². The monoisotopic (exact) mass is 740 g/mol. The van der Waals surface area contributed by atoms with E-state index in [4.69, 9.17) is 4.42 Å². The molecule has 0 N–H and O–H groups in total. The summed E-state index contributed by atoms with van der Waals surface area (Å²) in [5.74, 6) is 0.657. The molecule has 11 rings (SSSR count). The Labute approximate surface area is 336 Å². The number of nitrogens with zero attached hydrogens (tertiary/aromatic N) is 2. The van der Waals surface area contributed by atoms with E-state index in [0.717, 1.165) is 36.8 Å². The van der Waals surface area contributed by atoms with Crippen molar-refractivity contribution in [1.82, 2.24) is 0 Å². The van der Waals surface area contributed by atoms with Crippen molar-refractivity contribution in [2.24, 2.45) is 0 Å². The van der Waals surface area contributed by atoms with Gasteiger partial charge in [0.05, 0.1) is 17.1 Å². The first-order valence-electron chi connectivity index (χ1n) is 21.1. The van der Waals surface area contributed by atoms with Crippen LogP contribution >= 0.6 is 0 Å². The average molecular weight is 741 g/mol. The molecule has 0 saturated heterocycles. The standard InChI is InChI=1S/C54H48N2O/c1-37-35-46-45-23-11-12-26-50(45)57-51(46)36-49(37)56(44-29-27-39(28-30-44)38-15-5-2-6-16-38)48-25-14-18-41-32-34-54(53(41)48)33-31-40-17-13-24-47(52(40)54)55(42-19-7-3-8-20-42)43-21-9-4-10-22-43/h3-4,7-14,17-30,35-36,38H,2,5-6,15-16,31-34H2,1H3/t54-/m1/s1. The Morgan fingerprint density at radius 2 is 1.07 bits per heavy atom. The zero-order chi connectivity index (χ0) is 37.9. The van der Waals surface area contributed by atoms with Gasteiger partial charge in [-0.15, -0.1) is 0 Å². The van der Waals surface area contributed by atoms with Gasteiger partial charge < -0.3 is 14.2 Å². The molecule has 1 fully saturated rings. The largest absolute Gasteiger partial charge is 0.456 e. The predicted molar refractivity (Wildman–Crippen MR) is 238 cm³/mol. The molecule has 3 heteroatoms. The number of furan rings is 1. The molecule has 0 unspecified atom stereocenters. The van der Waals surface area contributed by atoms with E-state index in [2.05, 4.69) is 174 Å². The number of hydrogen-bond donors (Lipinski definition) is 0. The number of para-hydroxylation sites is 3. The summed E-state index contributed by atoms with van der Waals surface area (Å²) < 4.78 is 6.59. The molecule has 57 heavy (non-hydrogen) atoms. The van der Waals surface area contributed by atoms with Crippen molar-refractivity contribution in [3.8, 4) is 0 Å². The molecule has 3 aliphatic rings. The van der Waals surface area contributed by atoms with Crippen LogP contribution in [0.2, 0.25) is 0 Å².